The molecule has 1 aliphatic heterocycles. The molecule has 1 saturated heterocycles. The number of halogens is 3. The Hall–Kier alpha value is -0.440. The van der Waals surface area contributed by atoms with Crippen molar-refractivity contribution in [2.75, 3.05) is 26.7 Å². The van der Waals surface area contributed by atoms with Gasteiger partial charge in [-0.2, -0.15) is 17.0 Å². The molecule has 2 N–H and O–H groups in total. The van der Waals surface area contributed by atoms with Crippen LogP contribution in [0, 0.1) is 11.2 Å². The lowest BCUT2D eigenvalue weighted by Crippen LogP contribution is -2.42. The summed E-state index contributed by atoms with van der Waals surface area (Å²) in [6.07, 6.45) is 0.719. The Morgan fingerprint density at radius 1 is 1.48 bits per heavy atom. The van der Waals surface area contributed by atoms with Crippen LogP contribution >= 0.6 is 24.0 Å². The second kappa shape index (κ2) is 7.63. The molecule has 0 bridgehead atoms. The van der Waals surface area contributed by atoms with E-state index in [1.807, 2.05) is 6.92 Å². The normalized spacial score (nSPS) is 22.3. The Balaban J connectivity index is 0.00000264. The summed E-state index contributed by atoms with van der Waals surface area (Å²) in [5, 5.41) is 0.218. The van der Waals surface area contributed by atoms with Crippen molar-refractivity contribution in [3.63, 3.8) is 0 Å². The fraction of sp³-hybridized carbons (Fsp3) is 0.571. The molecule has 0 aliphatic carbocycles. The summed E-state index contributed by atoms with van der Waals surface area (Å²) < 4.78 is 41.6. The Kier molecular flexibility index (Phi) is 6.84. The second-order valence-electron chi connectivity index (χ2n) is 6.06. The highest BCUT2D eigenvalue weighted by atomic mass is 35.5. The van der Waals surface area contributed by atoms with E-state index < -0.39 is 16.0 Å². The summed E-state index contributed by atoms with van der Waals surface area (Å²) in [5.41, 5.74) is 5.68. The van der Waals surface area contributed by atoms with Crippen LogP contribution in [0.15, 0.2) is 18.2 Å². The summed E-state index contributed by atoms with van der Waals surface area (Å²) in [5.74, 6) is -0.511. The third-order valence-electron chi connectivity index (χ3n) is 4.18. The molecule has 0 saturated carbocycles. The van der Waals surface area contributed by atoms with Gasteiger partial charge in [0.15, 0.2) is 0 Å². The van der Waals surface area contributed by atoms with Crippen LogP contribution in [-0.2, 0) is 16.8 Å². The Labute approximate surface area is 148 Å². The number of hydrogen-bond donors (Lipinski definition) is 1. The van der Waals surface area contributed by atoms with Gasteiger partial charge in [0, 0.05) is 37.3 Å². The van der Waals surface area contributed by atoms with E-state index in [1.165, 1.54) is 23.5 Å². The first kappa shape index (κ1) is 20.6. The predicted molar refractivity (Wildman–Crippen MR) is 92.4 cm³/mol. The Morgan fingerprint density at radius 2 is 2.13 bits per heavy atom. The molecule has 1 atom stereocenters. The van der Waals surface area contributed by atoms with Crippen LogP contribution in [0.3, 0.4) is 0 Å². The molecule has 0 aromatic heterocycles. The first-order chi connectivity index (χ1) is 10.2. The highest BCUT2D eigenvalue weighted by molar-refractivity contribution is 7.86. The smallest absolute Gasteiger partial charge is 0.282 e. The van der Waals surface area contributed by atoms with E-state index in [-0.39, 0.29) is 35.0 Å². The molecular weight excluding hydrogens is 364 g/mol. The molecule has 1 aliphatic rings. The van der Waals surface area contributed by atoms with Gasteiger partial charge in [-0.3, -0.25) is 0 Å². The maximum absolute atomic E-state index is 13.8. The third kappa shape index (κ3) is 4.35. The summed E-state index contributed by atoms with van der Waals surface area (Å²) in [4.78, 5) is 0. The minimum Gasteiger partial charge on any atom is -0.330 e. The predicted octanol–water partition coefficient (Wildman–Crippen LogP) is 2.25. The van der Waals surface area contributed by atoms with Gasteiger partial charge in [-0.25, -0.2) is 4.39 Å². The largest absolute Gasteiger partial charge is 0.330 e. The summed E-state index contributed by atoms with van der Waals surface area (Å²) in [6, 6.07) is 4.30. The van der Waals surface area contributed by atoms with E-state index in [4.69, 9.17) is 17.3 Å². The van der Waals surface area contributed by atoms with Crippen LogP contribution in [0.5, 0.6) is 0 Å². The van der Waals surface area contributed by atoms with Crippen molar-refractivity contribution in [1.29, 1.82) is 0 Å². The fourth-order valence-electron chi connectivity index (χ4n) is 2.53. The third-order valence-corrected chi connectivity index (χ3v) is 6.41. The number of benzene rings is 1. The number of hydrogen-bond acceptors (Lipinski definition) is 3. The molecular formula is C14H22Cl2FN3O2S. The highest BCUT2D eigenvalue weighted by Gasteiger charge is 2.40. The van der Waals surface area contributed by atoms with Crippen LogP contribution < -0.4 is 5.73 Å². The SMILES string of the molecule is CN(Cc1c(F)cccc1Cl)S(=O)(=O)N1CCC(C)(CN)C1.Cl. The summed E-state index contributed by atoms with van der Waals surface area (Å²) >= 11 is 5.96. The lowest BCUT2D eigenvalue weighted by molar-refractivity contribution is 0.333. The van der Waals surface area contributed by atoms with Gasteiger partial charge in [-0.05, 0) is 30.5 Å². The molecule has 23 heavy (non-hydrogen) atoms. The lowest BCUT2D eigenvalue weighted by atomic mass is 9.90. The van der Waals surface area contributed by atoms with E-state index >= 15 is 0 Å². The van der Waals surface area contributed by atoms with Gasteiger partial charge < -0.3 is 5.73 Å². The molecule has 2 rings (SSSR count). The molecule has 0 spiro atoms. The molecule has 5 nitrogen and oxygen atoms in total. The minimum atomic E-state index is -3.67. The maximum atomic E-state index is 13.8. The van der Waals surface area contributed by atoms with Crippen LogP contribution in [0.25, 0.3) is 0 Å². The number of rotatable bonds is 5. The second-order valence-corrected chi connectivity index (χ2v) is 8.50. The zero-order valence-corrected chi connectivity index (χ0v) is 15.5. The van der Waals surface area contributed by atoms with Crippen LogP contribution in [0.2, 0.25) is 5.02 Å². The summed E-state index contributed by atoms with van der Waals surface area (Å²) in [7, 11) is -2.24. The van der Waals surface area contributed by atoms with Crippen molar-refractivity contribution in [1.82, 2.24) is 8.61 Å². The van der Waals surface area contributed by atoms with Crippen molar-refractivity contribution in [3.8, 4) is 0 Å². The zero-order valence-electron chi connectivity index (χ0n) is 13.1. The summed E-state index contributed by atoms with van der Waals surface area (Å²) in [6.45, 7) is 3.09. The van der Waals surface area contributed by atoms with E-state index in [0.29, 0.717) is 19.6 Å². The number of nitrogens with zero attached hydrogens (tertiary/aromatic N) is 2. The average molecular weight is 386 g/mol. The minimum absolute atomic E-state index is 0. The van der Waals surface area contributed by atoms with Crippen LogP contribution in [-0.4, -0.2) is 43.7 Å². The first-order valence-electron chi connectivity index (χ1n) is 7.04. The molecule has 0 amide bonds. The fourth-order valence-corrected chi connectivity index (χ4v) is 4.23. The Morgan fingerprint density at radius 3 is 2.65 bits per heavy atom. The maximum Gasteiger partial charge on any atom is 0.282 e. The lowest BCUT2D eigenvalue weighted by Gasteiger charge is -2.26. The quantitative estimate of drug-likeness (QED) is 0.844. The van der Waals surface area contributed by atoms with Gasteiger partial charge in [0.1, 0.15) is 5.82 Å². The highest BCUT2D eigenvalue weighted by Crippen LogP contribution is 2.31. The monoisotopic (exact) mass is 385 g/mol. The standard InChI is InChI=1S/C14H21ClFN3O2S.ClH/c1-14(9-17)6-7-19(10-14)22(20,21)18(2)8-11-12(15)4-3-5-13(11)16;/h3-5H,6-10,17H2,1-2H3;1H. The van der Waals surface area contributed by atoms with Crippen molar-refractivity contribution in [3.05, 3.63) is 34.6 Å². The van der Waals surface area contributed by atoms with Crippen molar-refractivity contribution < 1.29 is 12.8 Å². The van der Waals surface area contributed by atoms with E-state index in [2.05, 4.69) is 0 Å². The molecule has 132 valence electrons. The van der Waals surface area contributed by atoms with Crippen molar-refractivity contribution in [2.45, 2.75) is 19.9 Å². The Bertz CT molecular complexity index is 639. The van der Waals surface area contributed by atoms with Gasteiger partial charge in [0.2, 0.25) is 0 Å². The molecule has 1 unspecified atom stereocenters. The molecule has 0 radical (unpaired) electrons. The van der Waals surface area contributed by atoms with Crippen molar-refractivity contribution in [2.24, 2.45) is 11.1 Å². The van der Waals surface area contributed by atoms with E-state index in [9.17, 15) is 12.8 Å². The molecule has 9 heteroatoms. The van der Waals surface area contributed by atoms with Gasteiger partial charge in [-0.15, -0.1) is 12.4 Å². The van der Waals surface area contributed by atoms with Gasteiger partial charge >= 0.3 is 0 Å². The van der Waals surface area contributed by atoms with Gasteiger partial charge in [-0.1, -0.05) is 24.6 Å². The zero-order chi connectivity index (χ0) is 16.5. The molecule has 1 heterocycles. The average Bonchev–Trinajstić information content (AvgIpc) is 2.87. The number of nitrogens with two attached hydrogens (primary N) is 1. The van der Waals surface area contributed by atoms with Crippen LogP contribution in [0.1, 0.15) is 18.9 Å². The molecule has 1 aromatic rings. The topological polar surface area (TPSA) is 66.6 Å². The molecule has 1 aromatic carbocycles. The van der Waals surface area contributed by atoms with Crippen LogP contribution in [0.4, 0.5) is 4.39 Å². The van der Waals surface area contributed by atoms with Gasteiger partial charge in [0.25, 0.3) is 10.2 Å². The van der Waals surface area contributed by atoms with Crippen molar-refractivity contribution >= 4 is 34.2 Å². The first-order valence-corrected chi connectivity index (χ1v) is 8.81. The molecule has 1 fully saturated rings. The van der Waals surface area contributed by atoms with Gasteiger partial charge in [0.05, 0.1) is 0 Å². The van der Waals surface area contributed by atoms with E-state index in [1.54, 1.807) is 6.07 Å². The van der Waals surface area contributed by atoms with E-state index in [0.717, 1.165) is 10.7 Å².